The fourth-order valence-corrected chi connectivity index (χ4v) is 4.46. The van der Waals surface area contributed by atoms with Crippen LogP contribution in [0.5, 0.6) is 5.75 Å². The van der Waals surface area contributed by atoms with Crippen LogP contribution in [0.25, 0.3) is 10.2 Å². The highest BCUT2D eigenvalue weighted by Gasteiger charge is 2.15. The Labute approximate surface area is 181 Å². The van der Waals surface area contributed by atoms with Crippen LogP contribution in [0.2, 0.25) is 5.02 Å². The molecular weight excluding hydrogens is 452 g/mol. The molecule has 0 aliphatic heterocycles. The summed E-state index contributed by atoms with van der Waals surface area (Å²) < 4.78 is 35.8. The molecule has 0 fully saturated rings. The summed E-state index contributed by atoms with van der Waals surface area (Å²) in [5, 5.41) is 0.543. The molecule has 0 saturated heterocycles. The third-order valence-corrected chi connectivity index (χ3v) is 6.40. The van der Waals surface area contributed by atoms with Gasteiger partial charge in [0, 0.05) is 11.3 Å². The van der Waals surface area contributed by atoms with Crippen LogP contribution in [-0.4, -0.2) is 44.8 Å². The van der Waals surface area contributed by atoms with Gasteiger partial charge in [-0.3, -0.25) is 9.59 Å². The number of ether oxygens (including phenoxy) is 2. The van der Waals surface area contributed by atoms with Crippen LogP contribution in [0.3, 0.4) is 0 Å². The van der Waals surface area contributed by atoms with Crippen LogP contribution >= 0.6 is 22.9 Å². The molecule has 0 unspecified atom stereocenters. The summed E-state index contributed by atoms with van der Waals surface area (Å²) in [7, 11) is -2.16. The lowest BCUT2D eigenvalue weighted by Crippen LogP contribution is -2.23. The van der Waals surface area contributed by atoms with Gasteiger partial charge in [-0.1, -0.05) is 22.9 Å². The van der Waals surface area contributed by atoms with E-state index in [0.717, 1.165) is 17.6 Å². The first-order valence-electron chi connectivity index (χ1n) is 8.53. The van der Waals surface area contributed by atoms with Gasteiger partial charge in [-0.05, 0) is 42.5 Å². The Hall–Kier alpha value is -2.69. The lowest BCUT2D eigenvalue weighted by molar-refractivity contribution is -0.141. The monoisotopic (exact) mass is 468 g/mol. The maximum atomic E-state index is 12.3. The van der Waals surface area contributed by atoms with E-state index < -0.39 is 21.7 Å². The molecule has 8 nitrogen and oxygen atoms in total. The molecule has 0 saturated carbocycles. The van der Waals surface area contributed by atoms with Crippen LogP contribution in [0.1, 0.15) is 0 Å². The minimum Gasteiger partial charge on any atom is -0.484 e. The second kappa shape index (κ2) is 8.99. The summed E-state index contributed by atoms with van der Waals surface area (Å²) >= 11 is 6.90. The van der Waals surface area contributed by atoms with Gasteiger partial charge in [-0.15, -0.1) is 0 Å². The van der Waals surface area contributed by atoms with Crippen molar-refractivity contribution in [3.8, 4) is 5.75 Å². The molecule has 0 atom stereocenters. The Morgan fingerprint density at radius 3 is 2.50 bits per heavy atom. The van der Waals surface area contributed by atoms with E-state index in [2.05, 4.69) is 4.99 Å². The number of benzene rings is 2. The van der Waals surface area contributed by atoms with E-state index in [1.165, 1.54) is 23.8 Å². The zero-order valence-electron chi connectivity index (χ0n) is 16.0. The largest absolute Gasteiger partial charge is 0.484 e. The molecule has 30 heavy (non-hydrogen) atoms. The summed E-state index contributed by atoms with van der Waals surface area (Å²) in [5.41, 5.74) is 0.558. The normalized spacial score (nSPS) is 12.2. The van der Waals surface area contributed by atoms with Crippen molar-refractivity contribution in [2.24, 2.45) is 4.99 Å². The number of esters is 1. The van der Waals surface area contributed by atoms with E-state index in [-0.39, 0.29) is 22.8 Å². The van der Waals surface area contributed by atoms with Crippen LogP contribution in [0.4, 0.5) is 0 Å². The molecule has 0 spiro atoms. The molecule has 3 rings (SSSR count). The van der Waals surface area contributed by atoms with E-state index in [0.29, 0.717) is 21.0 Å². The maximum Gasteiger partial charge on any atom is 0.325 e. The van der Waals surface area contributed by atoms with E-state index >= 15 is 0 Å². The number of aromatic nitrogens is 1. The van der Waals surface area contributed by atoms with E-state index in [1.807, 2.05) is 0 Å². The topological polar surface area (TPSA) is 104 Å². The molecule has 0 radical (unpaired) electrons. The van der Waals surface area contributed by atoms with Gasteiger partial charge in [0.15, 0.2) is 21.2 Å². The second-order valence-corrected chi connectivity index (χ2v) is 9.66. The summed E-state index contributed by atoms with van der Waals surface area (Å²) in [6.07, 6.45) is 1.10. The molecule has 1 aromatic heterocycles. The molecule has 0 aliphatic rings. The van der Waals surface area contributed by atoms with Gasteiger partial charge in [-0.25, -0.2) is 8.42 Å². The zero-order chi connectivity index (χ0) is 21.9. The lowest BCUT2D eigenvalue weighted by atomic mass is 10.3. The molecule has 2 aromatic carbocycles. The van der Waals surface area contributed by atoms with Crippen LogP contribution < -0.4 is 9.54 Å². The van der Waals surface area contributed by atoms with Crippen molar-refractivity contribution in [3.05, 3.63) is 52.3 Å². The van der Waals surface area contributed by atoms with Crippen molar-refractivity contribution in [1.82, 2.24) is 4.57 Å². The Kier molecular flexibility index (Phi) is 6.59. The number of carbonyl (C=O) groups is 2. The number of nitrogens with zero attached hydrogens (tertiary/aromatic N) is 2. The maximum absolute atomic E-state index is 12.3. The van der Waals surface area contributed by atoms with E-state index in [4.69, 9.17) is 21.1 Å². The summed E-state index contributed by atoms with van der Waals surface area (Å²) in [5.74, 6) is -0.647. The average molecular weight is 469 g/mol. The molecule has 0 aliphatic carbocycles. The summed E-state index contributed by atoms with van der Waals surface area (Å²) in [6.45, 7) is -0.498. The van der Waals surface area contributed by atoms with Crippen molar-refractivity contribution >= 4 is 54.9 Å². The molecular formula is C19H17ClN2O6S2. The third kappa shape index (κ3) is 5.26. The van der Waals surface area contributed by atoms with Crippen molar-refractivity contribution in [1.29, 1.82) is 0 Å². The van der Waals surface area contributed by atoms with Gasteiger partial charge in [0.05, 0.1) is 22.2 Å². The first kappa shape index (κ1) is 22.0. The van der Waals surface area contributed by atoms with Gasteiger partial charge in [-0.2, -0.15) is 4.99 Å². The summed E-state index contributed by atoms with van der Waals surface area (Å²) in [4.78, 5) is 28.6. The number of hydrogen-bond acceptors (Lipinski definition) is 7. The molecule has 1 heterocycles. The van der Waals surface area contributed by atoms with Crippen molar-refractivity contribution in [2.75, 3.05) is 20.0 Å². The van der Waals surface area contributed by atoms with Crippen LogP contribution in [-0.2, 0) is 30.7 Å². The number of fused-ring (bicyclic) bond motifs is 1. The Morgan fingerprint density at radius 1 is 1.17 bits per heavy atom. The van der Waals surface area contributed by atoms with Crippen LogP contribution in [0, 0.1) is 0 Å². The predicted octanol–water partition coefficient (Wildman–Crippen LogP) is 2.44. The lowest BCUT2D eigenvalue weighted by Gasteiger charge is -2.05. The molecule has 3 aromatic rings. The highest BCUT2D eigenvalue weighted by atomic mass is 35.5. The van der Waals surface area contributed by atoms with Gasteiger partial charge in [0.2, 0.25) is 0 Å². The molecule has 0 bridgehead atoms. The molecule has 1 amide bonds. The van der Waals surface area contributed by atoms with Crippen molar-refractivity contribution < 1.29 is 27.5 Å². The minimum absolute atomic E-state index is 0.130. The molecule has 11 heteroatoms. The Bertz CT molecular complexity index is 1280. The Balaban J connectivity index is 1.96. The predicted molar refractivity (Wildman–Crippen MR) is 112 cm³/mol. The van der Waals surface area contributed by atoms with Gasteiger partial charge < -0.3 is 14.0 Å². The number of hydrogen-bond donors (Lipinski definition) is 0. The van der Waals surface area contributed by atoms with Gasteiger partial charge in [0.1, 0.15) is 12.3 Å². The number of rotatable bonds is 6. The minimum atomic E-state index is -3.41. The zero-order valence-corrected chi connectivity index (χ0v) is 18.4. The van der Waals surface area contributed by atoms with E-state index in [9.17, 15) is 18.0 Å². The fraction of sp³-hybridized carbons (Fsp3) is 0.211. The highest BCUT2D eigenvalue weighted by Crippen LogP contribution is 2.22. The van der Waals surface area contributed by atoms with E-state index in [1.54, 1.807) is 30.3 Å². The average Bonchev–Trinajstić information content (AvgIpc) is 3.03. The number of methoxy groups -OCH3 is 1. The third-order valence-electron chi connectivity index (χ3n) is 3.99. The smallest absolute Gasteiger partial charge is 0.325 e. The highest BCUT2D eigenvalue weighted by molar-refractivity contribution is 7.90. The Morgan fingerprint density at radius 2 is 1.87 bits per heavy atom. The first-order chi connectivity index (χ1) is 14.2. The fourth-order valence-electron chi connectivity index (χ4n) is 2.53. The quantitative estimate of drug-likeness (QED) is 0.514. The second-order valence-electron chi connectivity index (χ2n) is 6.20. The standard InChI is InChI=1S/C19H17ClN2O6S2/c1-27-18(24)10-22-15-8-7-14(30(2,25)26)9-16(15)29-19(22)21-17(23)11-28-13-5-3-12(20)4-6-13/h3-9H,10-11H2,1-2H3. The molecule has 158 valence electrons. The van der Waals surface area contributed by atoms with Crippen LogP contribution in [0.15, 0.2) is 52.4 Å². The number of amides is 1. The first-order valence-corrected chi connectivity index (χ1v) is 11.6. The number of thiazole rings is 1. The number of carbonyl (C=O) groups excluding carboxylic acids is 2. The number of sulfone groups is 1. The summed E-state index contributed by atoms with van der Waals surface area (Å²) in [6, 6.07) is 11.0. The molecule has 0 N–H and O–H groups in total. The number of halogens is 1. The van der Waals surface area contributed by atoms with Crippen molar-refractivity contribution in [3.63, 3.8) is 0 Å². The SMILES string of the molecule is COC(=O)Cn1c(=NC(=O)COc2ccc(Cl)cc2)sc2cc(S(C)(=O)=O)ccc21. The van der Waals surface area contributed by atoms with Crippen molar-refractivity contribution in [2.45, 2.75) is 11.4 Å². The van der Waals surface area contributed by atoms with Gasteiger partial charge >= 0.3 is 5.97 Å². The van der Waals surface area contributed by atoms with Gasteiger partial charge in [0.25, 0.3) is 5.91 Å².